The Bertz CT molecular complexity index is 908. The molecule has 1 heterocycles. The molecule has 1 aromatic heterocycles. The fourth-order valence-electron chi connectivity index (χ4n) is 2.34. The molecule has 7 heteroatoms. The van der Waals surface area contributed by atoms with Crippen LogP contribution in [0.4, 0.5) is 5.69 Å². The minimum Gasteiger partial charge on any atom is -0.497 e. The van der Waals surface area contributed by atoms with Crippen LogP contribution in [0.15, 0.2) is 48.5 Å². The van der Waals surface area contributed by atoms with E-state index in [0.717, 1.165) is 5.56 Å². The van der Waals surface area contributed by atoms with Crippen LogP contribution in [0.5, 0.6) is 11.5 Å². The van der Waals surface area contributed by atoms with E-state index in [-0.39, 0.29) is 5.91 Å². The quantitative estimate of drug-likeness (QED) is 0.723. The van der Waals surface area contributed by atoms with Crippen LogP contribution in [-0.2, 0) is 0 Å². The summed E-state index contributed by atoms with van der Waals surface area (Å²) in [7, 11) is 3.09. The summed E-state index contributed by atoms with van der Waals surface area (Å²) >= 11 is 5.99. The maximum atomic E-state index is 12.5. The number of aromatic nitrogens is 2. The van der Waals surface area contributed by atoms with E-state index >= 15 is 0 Å². The SMILES string of the molecule is COc1ccc(OC)c(NC(=O)c2cc(-c3cccc(Cl)c3)n[nH]2)c1. The topological polar surface area (TPSA) is 76.2 Å². The lowest BCUT2D eigenvalue weighted by Gasteiger charge is -2.11. The van der Waals surface area contributed by atoms with Crippen LogP contribution in [0, 0.1) is 0 Å². The molecule has 2 aromatic carbocycles. The Morgan fingerprint density at radius 1 is 1.12 bits per heavy atom. The molecule has 25 heavy (non-hydrogen) atoms. The van der Waals surface area contributed by atoms with Crippen molar-refractivity contribution >= 4 is 23.2 Å². The minimum absolute atomic E-state index is 0.319. The van der Waals surface area contributed by atoms with E-state index in [1.54, 1.807) is 43.5 Å². The van der Waals surface area contributed by atoms with Gasteiger partial charge < -0.3 is 14.8 Å². The number of carbonyl (C=O) groups excluding carboxylic acids is 1. The third-order valence-corrected chi connectivity index (χ3v) is 3.83. The van der Waals surface area contributed by atoms with E-state index < -0.39 is 0 Å². The lowest BCUT2D eigenvalue weighted by molar-refractivity contribution is 0.102. The molecule has 0 saturated carbocycles. The first-order valence-corrected chi connectivity index (χ1v) is 7.83. The van der Waals surface area contributed by atoms with Crippen LogP contribution in [0.25, 0.3) is 11.3 Å². The Morgan fingerprint density at radius 2 is 1.96 bits per heavy atom. The predicted molar refractivity (Wildman–Crippen MR) is 96.5 cm³/mol. The van der Waals surface area contributed by atoms with E-state index in [9.17, 15) is 4.79 Å². The van der Waals surface area contributed by atoms with E-state index in [4.69, 9.17) is 21.1 Å². The number of hydrogen-bond acceptors (Lipinski definition) is 4. The molecule has 0 fully saturated rings. The number of carbonyl (C=O) groups is 1. The molecule has 0 spiro atoms. The second-order valence-electron chi connectivity index (χ2n) is 5.20. The molecule has 0 bridgehead atoms. The van der Waals surface area contributed by atoms with Crippen LogP contribution in [0.1, 0.15) is 10.5 Å². The normalized spacial score (nSPS) is 10.4. The molecule has 0 unspecified atom stereocenters. The maximum Gasteiger partial charge on any atom is 0.273 e. The number of benzene rings is 2. The number of anilines is 1. The van der Waals surface area contributed by atoms with Gasteiger partial charge in [-0.2, -0.15) is 5.10 Å². The van der Waals surface area contributed by atoms with Crippen molar-refractivity contribution in [3.8, 4) is 22.8 Å². The zero-order chi connectivity index (χ0) is 17.8. The molecule has 0 atom stereocenters. The van der Waals surface area contributed by atoms with Gasteiger partial charge in [-0.05, 0) is 30.3 Å². The number of H-pyrrole nitrogens is 1. The Morgan fingerprint density at radius 3 is 2.68 bits per heavy atom. The third-order valence-electron chi connectivity index (χ3n) is 3.60. The summed E-state index contributed by atoms with van der Waals surface area (Å²) in [4.78, 5) is 12.5. The van der Waals surface area contributed by atoms with Crippen molar-refractivity contribution in [2.24, 2.45) is 0 Å². The van der Waals surface area contributed by atoms with Gasteiger partial charge in [-0.3, -0.25) is 9.89 Å². The number of halogens is 1. The largest absolute Gasteiger partial charge is 0.497 e. The highest BCUT2D eigenvalue weighted by Gasteiger charge is 2.14. The van der Waals surface area contributed by atoms with Gasteiger partial charge in [0.2, 0.25) is 0 Å². The fourth-order valence-corrected chi connectivity index (χ4v) is 2.53. The highest BCUT2D eigenvalue weighted by atomic mass is 35.5. The first-order valence-electron chi connectivity index (χ1n) is 7.45. The van der Waals surface area contributed by atoms with Crippen molar-refractivity contribution < 1.29 is 14.3 Å². The van der Waals surface area contributed by atoms with Crippen LogP contribution in [-0.4, -0.2) is 30.3 Å². The number of aromatic amines is 1. The summed E-state index contributed by atoms with van der Waals surface area (Å²) < 4.78 is 10.4. The molecule has 2 N–H and O–H groups in total. The minimum atomic E-state index is -0.340. The van der Waals surface area contributed by atoms with Crippen molar-refractivity contribution in [2.45, 2.75) is 0 Å². The fraction of sp³-hybridized carbons (Fsp3) is 0.111. The third kappa shape index (κ3) is 3.75. The van der Waals surface area contributed by atoms with Crippen LogP contribution >= 0.6 is 11.6 Å². The number of hydrogen-bond donors (Lipinski definition) is 2. The number of ether oxygens (including phenoxy) is 2. The monoisotopic (exact) mass is 357 g/mol. The average Bonchev–Trinajstić information content (AvgIpc) is 3.12. The Balaban J connectivity index is 1.83. The van der Waals surface area contributed by atoms with Gasteiger partial charge in [0.25, 0.3) is 5.91 Å². The van der Waals surface area contributed by atoms with Crippen LogP contribution in [0.3, 0.4) is 0 Å². The van der Waals surface area contributed by atoms with Crippen LogP contribution < -0.4 is 14.8 Å². The molecule has 0 aliphatic heterocycles. The molecule has 0 radical (unpaired) electrons. The van der Waals surface area contributed by atoms with Gasteiger partial charge in [0.15, 0.2) is 0 Å². The summed E-state index contributed by atoms with van der Waals surface area (Å²) in [6.07, 6.45) is 0. The zero-order valence-corrected chi connectivity index (χ0v) is 14.4. The standard InChI is InChI=1S/C18H16ClN3O3/c1-24-13-6-7-17(25-2)15(9-13)20-18(23)16-10-14(21-22-16)11-4-3-5-12(19)8-11/h3-10H,1-2H3,(H,20,23)(H,21,22). The first-order chi connectivity index (χ1) is 12.1. The summed E-state index contributed by atoms with van der Waals surface area (Å²) in [5.41, 5.74) is 2.28. The number of amides is 1. The lowest BCUT2D eigenvalue weighted by atomic mass is 10.1. The van der Waals surface area contributed by atoms with Crippen molar-refractivity contribution in [3.63, 3.8) is 0 Å². The number of nitrogens with one attached hydrogen (secondary N) is 2. The average molecular weight is 358 g/mol. The van der Waals surface area contributed by atoms with Crippen molar-refractivity contribution in [2.75, 3.05) is 19.5 Å². The van der Waals surface area contributed by atoms with Crippen molar-refractivity contribution in [1.29, 1.82) is 0 Å². The second kappa shape index (κ2) is 7.27. The first kappa shape index (κ1) is 16.9. The molecule has 6 nitrogen and oxygen atoms in total. The van der Waals surface area contributed by atoms with Gasteiger partial charge in [0.1, 0.15) is 17.2 Å². The second-order valence-corrected chi connectivity index (χ2v) is 5.63. The summed E-state index contributed by atoms with van der Waals surface area (Å²) in [5.74, 6) is 0.802. The van der Waals surface area contributed by atoms with E-state index in [1.807, 2.05) is 12.1 Å². The molecule has 3 rings (SSSR count). The molecular weight excluding hydrogens is 342 g/mol. The molecule has 0 aliphatic rings. The Labute approximate surface area is 149 Å². The molecule has 0 aliphatic carbocycles. The van der Waals surface area contributed by atoms with Gasteiger partial charge in [-0.1, -0.05) is 23.7 Å². The van der Waals surface area contributed by atoms with Gasteiger partial charge >= 0.3 is 0 Å². The predicted octanol–water partition coefficient (Wildman–Crippen LogP) is 4.00. The van der Waals surface area contributed by atoms with Crippen molar-refractivity contribution in [1.82, 2.24) is 10.2 Å². The highest BCUT2D eigenvalue weighted by molar-refractivity contribution is 6.30. The van der Waals surface area contributed by atoms with Crippen molar-refractivity contribution in [3.05, 3.63) is 59.2 Å². The molecule has 1 amide bonds. The lowest BCUT2D eigenvalue weighted by Crippen LogP contribution is -2.13. The van der Waals surface area contributed by atoms with E-state index in [0.29, 0.717) is 33.6 Å². The molecular formula is C18H16ClN3O3. The Kier molecular flexibility index (Phi) is 4.90. The van der Waals surface area contributed by atoms with E-state index in [1.165, 1.54) is 7.11 Å². The summed E-state index contributed by atoms with van der Waals surface area (Å²) in [6, 6.07) is 14.1. The zero-order valence-electron chi connectivity index (χ0n) is 13.7. The smallest absolute Gasteiger partial charge is 0.273 e. The van der Waals surface area contributed by atoms with Gasteiger partial charge in [-0.15, -0.1) is 0 Å². The van der Waals surface area contributed by atoms with E-state index in [2.05, 4.69) is 15.5 Å². The molecule has 128 valence electrons. The van der Waals surface area contributed by atoms with Gasteiger partial charge in [0, 0.05) is 16.7 Å². The number of nitrogens with zero attached hydrogens (tertiary/aromatic N) is 1. The number of methoxy groups -OCH3 is 2. The number of rotatable bonds is 5. The molecule has 0 saturated heterocycles. The molecule has 3 aromatic rings. The maximum absolute atomic E-state index is 12.5. The highest BCUT2D eigenvalue weighted by Crippen LogP contribution is 2.29. The van der Waals surface area contributed by atoms with Gasteiger partial charge in [-0.25, -0.2) is 0 Å². The summed E-state index contributed by atoms with van der Waals surface area (Å²) in [6.45, 7) is 0. The Hall–Kier alpha value is -2.99. The van der Waals surface area contributed by atoms with Crippen LogP contribution in [0.2, 0.25) is 5.02 Å². The summed E-state index contributed by atoms with van der Waals surface area (Å²) in [5, 5.41) is 10.3. The van der Waals surface area contributed by atoms with Gasteiger partial charge in [0.05, 0.1) is 25.6 Å².